The summed E-state index contributed by atoms with van der Waals surface area (Å²) in [5.74, 6) is -1.41. The fourth-order valence-corrected chi connectivity index (χ4v) is 1.96. The summed E-state index contributed by atoms with van der Waals surface area (Å²) in [6.07, 6.45) is 4.16. The van der Waals surface area contributed by atoms with Crippen LogP contribution in [0.15, 0.2) is 18.2 Å². The van der Waals surface area contributed by atoms with Crippen molar-refractivity contribution in [1.82, 2.24) is 5.32 Å². The monoisotopic (exact) mass is 316 g/mol. The summed E-state index contributed by atoms with van der Waals surface area (Å²) < 4.78 is 0. The summed E-state index contributed by atoms with van der Waals surface area (Å²) in [5, 5.41) is 5.55. The van der Waals surface area contributed by atoms with Gasteiger partial charge in [-0.25, -0.2) is 0 Å². The lowest BCUT2D eigenvalue weighted by atomic mass is 10.2. The van der Waals surface area contributed by atoms with Gasteiger partial charge >= 0.3 is 11.8 Å². The molecule has 1 aromatic rings. The number of amides is 2. The third-order valence-electron chi connectivity index (χ3n) is 2.72. The normalized spacial score (nSPS) is 10.2. The van der Waals surface area contributed by atoms with E-state index in [0.717, 1.165) is 25.7 Å². The number of rotatable bonds is 6. The summed E-state index contributed by atoms with van der Waals surface area (Å²) in [4.78, 5) is 23.2. The highest BCUT2D eigenvalue weighted by Crippen LogP contribution is 2.29. The number of anilines is 1. The number of halogens is 2. The number of unbranched alkanes of at least 4 members (excludes halogenated alkanes) is 3. The Balaban J connectivity index is 2.42. The standard InChI is InChI=1S/C14H18Cl2N2O2/c1-2-3-4-5-9-17-13(19)14(20)18-11-8-6-7-10(15)12(11)16/h6-8H,2-5,9H2,1H3,(H,17,19)(H,18,20). The van der Waals surface area contributed by atoms with Gasteiger partial charge in [0.15, 0.2) is 0 Å². The molecule has 0 aliphatic carbocycles. The lowest BCUT2D eigenvalue weighted by Crippen LogP contribution is -2.35. The first kappa shape index (κ1) is 16.8. The van der Waals surface area contributed by atoms with E-state index < -0.39 is 11.8 Å². The Bertz CT molecular complexity index is 478. The van der Waals surface area contributed by atoms with Crippen LogP contribution in [0, 0.1) is 0 Å². The Morgan fingerprint density at radius 3 is 2.55 bits per heavy atom. The van der Waals surface area contributed by atoms with Crippen molar-refractivity contribution < 1.29 is 9.59 Å². The van der Waals surface area contributed by atoms with E-state index in [1.165, 1.54) is 0 Å². The van der Waals surface area contributed by atoms with Crippen LogP contribution in [0.25, 0.3) is 0 Å². The molecule has 0 radical (unpaired) electrons. The van der Waals surface area contributed by atoms with Gasteiger partial charge in [0.05, 0.1) is 15.7 Å². The van der Waals surface area contributed by atoms with Crippen LogP contribution in [-0.4, -0.2) is 18.4 Å². The van der Waals surface area contributed by atoms with Gasteiger partial charge in [0.25, 0.3) is 0 Å². The molecule has 0 aliphatic heterocycles. The van der Waals surface area contributed by atoms with Crippen LogP contribution in [0.2, 0.25) is 10.0 Å². The Kier molecular flexibility index (Phi) is 7.41. The average Bonchev–Trinajstić information content (AvgIpc) is 2.43. The predicted molar refractivity (Wildman–Crippen MR) is 82.2 cm³/mol. The minimum Gasteiger partial charge on any atom is -0.348 e. The van der Waals surface area contributed by atoms with Crippen LogP contribution >= 0.6 is 23.2 Å². The highest BCUT2D eigenvalue weighted by molar-refractivity contribution is 6.45. The molecule has 0 fully saturated rings. The van der Waals surface area contributed by atoms with Gasteiger partial charge in [-0.1, -0.05) is 55.5 Å². The van der Waals surface area contributed by atoms with Gasteiger partial charge in [0.2, 0.25) is 0 Å². The second-order valence-corrected chi connectivity index (χ2v) is 5.16. The van der Waals surface area contributed by atoms with Crippen molar-refractivity contribution in [2.75, 3.05) is 11.9 Å². The van der Waals surface area contributed by atoms with Crippen LogP contribution in [0.5, 0.6) is 0 Å². The third kappa shape index (κ3) is 5.39. The van der Waals surface area contributed by atoms with E-state index in [1.807, 2.05) is 0 Å². The molecule has 0 bridgehead atoms. The van der Waals surface area contributed by atoms with Gasteiger partial charge in [-0.15, -0.1) is 0 Å². The predicted octanol–water partition coefficient (Wildman–Crippen LogP) is 3.63. The summed E-state index contributed by atoms with van der Waals surface area (Å²) in [6, 6.07) is 4.83. The van der Waals surface area contributed by atoms with Crippen molar-refractivity contribution >= 4 is 40.7 Å². The van der Waals surface area contributed by atoms with Crippen molar-refractivity contribution in [3.8, 4) is 0 Å². The third-order valence-corrected chi connectivity index (χ3v) is 3.54. The maximum Gasteiger partial charge on any atom is 0.313 e. The fraction of sp³-hybridized carbons (Fsp3) is 0.429. The van der Waals surface area contributed by atoms with Crippen LogP contribution in [0.3, 0.4) is 0 Å². The smallest absolute Gasteiger partial charge is 0.313 e. The van der Waals surface area contributed by atoms with Crippen LogP contribution in [0.4, 0.5) is 5.69 Å². The van der Waals surface area contributed by atoms with Crippen LogP contribution in [-0.2, 0) is 9.59 Å². The molecule has 0 aliphatic rings. The van der Waals surface area contributed by atoms with Crippen molar-refractivity contribution in [3.05, 3.63) is 28.2 Å². The fourth-order valence-electron chi connectivity index (χ4n) is 1.61. The summed E-state index contributed by atoms with van der Waals surface area (Å²) in [7, 11) is 0. The SMILES string of the molecule is CCCCCCNC(=O)C(=O)Nc1cccc(Cl)c1Cl. The summed E-state index contributed by atoms with van der Waals surface area (Å²) in [6.45, 7) is 2.61. The lowest BCUT2D eigenvalue weighted by molar-refractivity contribution is -0.136. The lowest BCUT2D eigenvalue weighted by Gasteiger charge is -2.08. The molecular formula is C14H18Cl2N2O2. The van der Waals surface area contributed by atoms with Gasteiger partial charge in [-0.05, 0) is 18.6 Å². The molecule has 0 saturated heterocycles. The van der Waals surface area contributed by atoms with Gasteiger partial charge < -0.3 is 10.6 Å². The Hall–Kier alpha value is -1.26. The number of nitrogens with one attached hydrogen (secondary N) is 2. The van der Waals surface area contributed by atoms with E-state index in [4.69, 9.17) is 23.2 Å². The first-order valence-corrected chi connectivity index (χ1v) is 7.35. The largest absolute Gasteiger partial charge is 0.348 e. The van der Waals surface area contributed by atoms with Crippen molar-refractivity contribution in [2.45, 2.75) is 32.6 Å². The maximum atomic E-state index is 11.7. The van der Waals surface area contributed by atoms with Crippen LogP contribution in [0.1, 0.15) is 32.6 Å². The summed E-state index contributed by atoms with van der Waals surface area (Å²) in [5.41, 5.74) is 0.324. The second-order valence-electron chi connectivity index (χ2n) is 4.37. The molecular weight excluding hydrogens is 299 g/mol. The molecule has 2 amide bonds. The van der Waals surface area contributed by atoms with Gasteiger partial charge in [-0.2, -0.15) is 0 Å². The highest BCUT2D eigenvalue weighted by Gasteiger charge is 2.15. The number of carbonyl (C=O) groups is 2. The molecule has 0 saturated carbocycles. The molecule has 0 atom stereocenters. The van der Waals surface area contributed by atoms with Crippen LogP contribution < -0.4 is 10.6 Å². The first-order chi connectivity index (χ1) is 9.56. The zero-order valence-electron chi connectivity index (χ0n) is 11.3. The maximum absolute atomic E-state index is 11.7. The molecule has 0 spiro atoms. The number of hydrogen-bond acceptors (Lipinski definition) is 2. The minimum absolute atomic E-state index is 0.221. The van der Waals surface area contributed by atoms with Crippen molar-refractivity contribution in [1.29, 1.82) is 0 Å². The minimum atomic E-state index is -0.746. The van der Waals surface area contributed by atoms with E-state index in [0.29, 0.717) is 17.3 Å². The van der Waals surface area contributed by atoms with Crippen molar-refractivity contribution in [2.24, 2.45) is 0 Å². The van der Waals surface area contributed by atoms with Gasteiger partial charge in [0.1, 0.15) is 0 Å². The molecule has 4 nitrogen and oxygen atoms in total. The molecule has 2 N–H and O–H groups in total. The van der Waals surface area contributed by atoms with E-state index in [2.05, 4.69) is 17.6 Å². The molecule has 0 unspecified atom stereocenters. The highest BCUT2D eigenvalue weighted by atomic mass is 35.5. The molecule has 0 aromatic heterocycles. The molecule has 1 aromatic carbocycles. The number of hydrogen-bond donors (Lipinski definition) is 2. The molecule has 110 valence electrons. The van der Waals surface area contributed by atoms with Gasteiger partial charge in [-0.3, -0.25) is 9.59 Å². The summed E-state index contributed by atoms with van der Waals surface area (Å²) >= 11 is 11.8. The van der Waals surface area contributed by atoms with Gasteiger partial charge in [0, 0.05) is 6.54 Å². The molecule has 6 heteroatoms. The Morgan fingerprint density at radius 2 is 1.85 bits per heavy atom. The molecule has 20 heavy (non-hydrogen) atoms. The zero-order valence-corrected chi connectivity index (χ0v) is 12.9. The molecule has 1 rings (SSSR count). The number of carbonyl (C=O) groups excluding carboxylic acids is 2. The Morgan fingerprint density at radius 1 is 1.10 bits per heavy atom. The zero-order chi connectivity index (χ0) is 15.0. The van der Waals surface area contributed by atoms with E-state index in [-0.39, 0.29) is 5.02 Å². The average molecular weight is 317 g/mol. The quantitative estimate of drug-likeness (QED) is 0.622. The van der Waals surface area contributed by atoms with E-state index >= 15 is 0 Å². The number of benzene rings is 1. The van der Waals surface area contributed by atoms with E-state index in [9.17, 15) is 9.59 Å². The van der Waals surface area contributed by atoms with E-state index in [1.54, 1.807) is 18.2 Å². The first-order valence-electron chi connectivity index (χ1n) is 6.59. The Labute approximate surface area is 128 Å². The topological polar surface area (TPSA) is 58.2 Å². The molecule has 0 heterocycles. The van der Waals surface area contributed by atoms with Crippen molar-refractivity contribution in [3.63, 3.8) is 0 Å². The second kappa shape index (κ2) is 8.82.